The van der Waals surface area contributed by atoms with E-state index in [9.17, 15) is 18.0 Å². The number of likely N-dealkylation sites (N-methyl/N-ethyl adjacent to an activating group) is 1. The minimum Gasteiger partial charge on any atom is -0.352 e. The number of hydrogen-bond donors (Lipinski definition) is 1. The van der Waals surface area contributed by atoms with Crippen LogP contribution < -0.4 is 5.32 Å². The molecule has 29 heavy (non-hydrogen) atoms. The number of carbonyl (C=O) groups is 2. The average Bonchev–Trinajstić information content (AvgIpc) is 2.95. The predicted molar refractivity (Wildman–Crippen MR) is 114 cm³/mol. The van der Waals surface area contributed by atoms with Gasteiger partial charge in [0.2, 0.25) is 21.8 Å². The van der Waals surface area contributed by atoms with Gasteiger partial charge in [0.1, 0.15) is 0 Å². The molecule has 1 aromatic carbocycles. The molecule has 1 fully saturated rings. The van der Waals surface area contributed by atoms with Gasteiger partial charge in [0.15, 0.2) is 0 Å². The van der Waals surface area contributed by atoms with Gasteiger partial charge in [-0.2, -0.15) is 4.31 Å². The van der Waals surface area contributed by atoms with Crippen LogP contribution in [0.5, 0.6) is 0 Å². The number of nitrogens with zero attached hydrogens (tertiary/aromatic N) is 2. The maximum absolute atomic E-state index is 12.8. The average molecular weight is 422 g/mol. The van der Waals surface area contributed by atoms with E-state index in [2.05, 4.69) is 5.32 Å². The molecule has 1 aromatic rings. The fourth-order valence-corrected chi connectivity index (χ4v) is 4.65. The van der Waals surface area contributed by atoms with Gasteiger partial charge in [0, 0.05) is 32.3 Å². The minimum atomic E-state index is -3.48. The zero-order valence-electron chi connectivity index (χ0n) is 17.4. The summed E-state index contributed by atoms with van der Waals surface area (Å²) < 4.78 is 27.2. The topological polar surface area (TPSA) is 86.8 Å². The summed E-state index contributed by atoms with van der Waals surface area (Å²) in [6.45, 7) is 4.82. The molecule has 160 valence electrons. The van der Waals surface area contributed by atoms with E-state index in [0.29, 0.717) is 18.7 Å². The summed E-state index contributed by atoms with van der Waals surface area (Å²) in [5.41, 5.74) is 0.716. The van der Waals surface area contributed by atoms with Crippen molar-refractivity contribution in [2.45, 2.75) is 50.5 Å². The highest BCUT2D eigenvalue weighted by Gasteiger charge is 2.24. The molecule has 1 aliphatic heterocycles. The predicted octanol–water partition coefficient (Wildman–Crippen LogP) is 2.25. The maximum Gasteiger partial charge on any atom is 0.246 e. The minimum absolute atomic E-state index is 0.0191. The molecule has 0 aromatic heterocycles. The summed E-state index contributed by atoms with van der Waals surface area (Å²) in [6.07, 6.45) is 6.91. The third kappa shape index (κ3) is 6.97. The number of rotatable bonds is 7. The number of amides is 2. The van der Waals surface area contributed by atoms with Gasteiger partial charge >= 0.3 is 0 Å². The van der Waals surface area contributed by atoms with Crippen molar-refractivity contribution < 1.29 is 18.0 Å². The summed E-state index contributed by atoms with van der Waals surface area (Å²) in [7, 11) is -1.92. The van der Waals surface area contributed by atoms with E-state index in [4.69, 9.17) is 0 Å². The second kappa shape index (κ2) is 10.5. The fourth-order valence-electron chi connectivity index (χ4n) is 3.14. The van der Waals surface area contributed by atoms with Gasteiger partial charge < -0.3 is 10.2 Å². The first kappa shape index (κ1) is 23.1. The van der Waals surface area contributed by atoms with Gasteiger partial charge in [-0.15, -0.1) is 0 Å². The van der Waals surface area contributed by atoms with Crippen LogP contribution >= 0.6 is 0 Å². The van der Waals surface area contributed by atoms with Crippen LogP contribution in [0.2, 0.25) is 0 Å². The lowest BCUT2D eigenvalue weighted by molar-refractivity contribution is -0.131. The Morgan fingerprint density at radius 1 is 1.10 bits per heavy atom. The van der Waals surface area contributed by atoms with Gasteiger partial charge in [-0.25, -0.2) is 8.42 Å². The number of nitrogens with one attached hydrogen (secondary N) is 1. The Morgan fingerprint density at radius 2 is 1.69 bits per heavy atom. The highest BCUT2D eigenvalue weighted by Crippen LogP contribution is 2.21. The Bertz CT molecular complexity index is 824. The van der Waals surface area contributed by atoms with Crippen LogP contribution in [0.15, 0.2) is 35.2 Å². The Morgan fingerprint density at radius 3 is 2.24 bits per heavy atom. The quantitative estimate of drug-likeness (QED) is 0.684. The normalized spacial score (nSPS) is 16.0. The lowest BCUT2D eigenvalue weighted by Crippen LogP contribution is -2.40. The molecule has 0 unspecified atom stereocenters. The Labute approximate surface area is 173 Å². The molecule has 1 saturated heterocycles. The van der Waals surface area contributed by atoms with E-state index in [0.717, 1.165) is 25.7 Å². The third-order valence-electron chi connectivity index (χ3n) is 4.71. The SMILES string of the molecule is CC(C)NC(=O)CN(C)C(=O)/C=C/c1ccc(S(=O)(=O)N2CCCCCC2)cc1. The molecule has 0 saturated carbocycles. The van der Waals surface area contributed by atoms with Gasteiger partial charge in [-0.3, -0.25) is 9.59 Å². The van der Waals surface area contributed by atoms with E-state index >= 15 is 0 Å². The van der Waals surface area contributed by atoms with E-state index < -0.39 is 10.0 Å². The van der Waals surface area contributed by atoms with Crippen LogP contribution in [0.3, 0.4) is 0 Å². The Balaban J connectivity index is 1.99. The lowest BCUT2D eigenvalue weighted by Gasteiger charge is -2.19. The zero-order chi connectivity index (χ0) is 21.4. The molecule has 1 heterocycles. The second-order valence-corrected chi connectivity index (χ2v) is 9.58. The van der Waals surface area contributed by atoms with Crippen LogP contribution in [0.25, 0.3) is 6.08 Å². The molecule has 0 aliphatic carbocycles. The number of benzene rings is 1. The first-order chi connectivity index (χ1) is 13.7. The van der Waals surface area contributed by atoms with Crippen molar-refractivity contribution in [1.29, 1.82) is 0 Å². The summed E-state index contributed by atoms with van der Waals surface area (Å²) in [4.78, 5) is 25.5. The molecule has 0 spiro atoms. The van der Waals surface area contributed by atoms with Crippen LogP contribution in [0.1, 0.15) is 45.1 Å². The molecule has 7 nitrogen and oxygen atoms in total. The van der Waals surface area contributed by atoms with Crippen LogP contribution in [0, 0.1) is 0 Å². The molecule has 0 radical (unpaired) electrons. The lowest BCUT2D eigenvalue weighted by atomic mass is 10.2. The largest absolute Gasteiger partial charge is 0.352 e. The molecular weight excluding hydrogens is 390 g/mol. The molecule has 2 amide bonds. The zero-order valence-corrected chi connectivity index (χ0v) is 18.2. The first-order valence-electron chi connectivity index (χ1n) is 10.0. The van der Waals surface area contributed by atoms with Crippen molar-refractivity contribution in [3.8, 4) is 0 Å². The highest BCUT2D eigenvalue weighted by atomic mass is 32.2. The Hall–Kier alpha value is -2.19. The van der Waals surface area contributed by atoms with Gasteiger partial charge in [0.25, 0.3) is 0 Å². The van der Waals surface area contributed by atoms with E-state index in [1.807, 2.05) is 13.8 Å². The van der Waals surface area contributed by atoms with Crippen molar-refractivity contribution in [3.63, 3.8) is 0 Å². The summed E-state index contributed by atoms with van der Waals surface area (Å²) in [6, 6.07) is 6.53. The number of sulfonamides is 1. The van der Waals surface area contributed by atoms with Crippen molar-refractivity contribution in [2.24, 2.45) is 0 Å². The molecule has 1 aliphatic rings. The third-order valence-corrected chi connectivity index (χ3v) is 6.62. The summed E-state index contributed by atoms with van der Waals surface area (Å²) in [5.74, 6) is -0.516. The summed E-state index contributed by atoms with van der Waals surface area (Å²) in [5, 5.41) is 2.74. The molecular formula is C21H31N3O4S. The van der Waals surface area contributed by atoms with Gasteiger partial charge in [-0.1, -0.05) is 25.0 Å². The Kier molecular flexibility index (Phi) is 8.40. The molecule has 0 bridgehead atoms. The monoisotopic (exact) mass is 421 g/mol. The molecule has 8 heteroatoms. The van der Waals surface area contributed by atoms with E-state index in [1.165, 1.54) is 11.0 Å². The van der Waals surface area contributed by atoms with E-state index in [1.54, 1.807) is 41.7 Å². The summed E-state index contributed by atoms with van der Waals surface area (Å²) >= 11 is 0. The van der Waals surface area contributed by atoms with Crippen LogP contribution in [-0.4, -0.2) is 62.2 Å². The van der Waals surface area contributed by atoms with Crippen LogP contribution in [-0.2, 0) is 19.6 Å². The maximum atomic E-state index is 12.8. The number of hydrogen-bond acceptors (Lipinski definition) is 4. The molecule has 1 N–H and O–H groups in total. The standard InChI is InChI=1S/C21H31N3O4S/c1-17(2)22-20(25)16-23(3)21(26)13-10-18-8-11-19(12-9-18)29(27,28)24-14-6-4-5-7-15-24/h8-13,17H,4-7,14-16H2,1-3H3,(H,22,25)/b13-10+. The van der Waals surface area contributed by atoms with E-state index in [-0.39, 0.29) is 29.3 Å². The highest BCUT2D eigenvalue weighted by molar-refractivity contribution is 7.89. The molecule has 2 rings (SSSR count). The number of carbonyl (C=O) groups excluding carboxylic acids is 2. The van der Waals surface area contributed by atoms with Crippen molar-refractivity contribution in [1.82, 2.24) is 14.5 Å². The molecule has 0 atom stereocenters. The van der Waals surface area contributed by atoms with Crippen LogP contribution in [0.4, 0.5) is 0 Å². The van der Waals surface area contributed by atoms with Gasteiger partial charge in [0.05, 0.1) is 11.4 Å². The van der Waals surface area contributed by atoms with Crippen molar-refractivity contribution >= 4 is 27.9 Å². The van der Waals surface area contributed by atoms with Crippen molar-refractivity contribution in [3.05, 3.63) is 35.9 Å². The van der Waals surface area contributed by atoms with Crippen molar-refractivity contribution in [2.75, 3.05) is 26.7 Å². The first-order valence-corrected chi connectivity index (χ1v) is 11.5. The second-order valence-electron chi connectivity index (χ2n) is 7.64. The van der Waals surface area contributed by atoms with Gasteiger partial charge in [-0.05, 0) is 50.5 Å². The fraction of sp³-hybridized carbons (Fsp3) is 0.524. The smallest absolute Gasteiger partial charge is 0.246 e.